The number of hydrogen-bond donors (Lipinski definition) is 1. The van der Waals surface area contributed by atoms with Gasteiger partial charge in [0.1, 0.15) is 16.0 Å². The quantitative estimate of drug-likeness (QED) is 0.584. The van der Waals surface area contributed by atoms with Crippen LogP contribution in [0.1, 0.15) is 54.5 Å². The van der Waals surface area contributed by atoms with Gasteiger partial charge in [-0.2, -0.15) is 9.57 Å². The highest BCUT2D eigenvalue weighted by Gasteiger charge is 2.26. The number of piperidine rings is 1. The molecule has 32 heavy (non-hydrogen) atoms. The molecular weight excluding hydrogens is 464 g/mol. The Bertz CT molecular complexity index is 1110. The van der Waals surface area contributed by atoms with Gasteiger partial charge < -0.3 is 5.32 Å². The third kappa shape index (κ3) is 5.17. The first kappa shape index (κ1) is 23.2. The van der Waals surface area contributed by atoms with Crippen LogP contribution in [-0.4, -0.2) is 42.5 Å². The SMILES string of the molecule is N#Cc1c(NC(=O)CCSc2ccc(S(=O)(=O)N3CCCCC3)cn2)sc2c1CCCC2. The van der Waals surface area contributed by atoms with Crippen molar-refractivity contribution in [2.24, 2.45) is 0 Å². The number of anilines is 1. The second kappa shape index (κ2) is 10.3. The van der Waals surface area contributed by atoms with Crippen molar-refractivity contribution >= 4 is 44.0 Å². The number of aromatic nitrogens is 1. The Hall–Kier alpha value is -1.93. The highest BCUT2D eigenvalue weighted by atomic mass is 32.2. The molecule has 1 saturated heterocycles. The van der Waals surface area contributed by atoms with E-state index in [-0.39, 0.29) is 17.2 Å². The average Bonchev–Trinajstić information content (AvgIpc) is 3.16. The van der Waals surface area contributed by atoms with E-state index in [1.807, 2.05) is 0 Å². The number of nitrogens with zero attached hydrogens (tertiary/aromatic N) is 3. The molecule has 1 aliphatic carbocycles. The zero-order valence-electron chi connectivity index (χ0n) is 17.8. The van der Waals surface area contributed by atoms with Crippen LogP contribution >= 0.6 is 23.1 Å². The lowest BCUT2D eigenvalue weighted by Crippen LogP contribution is -2.35. The monoisotopic (exact) mass is 490 g/mol. The van der Waals surface area contributed by atoms with E-state index in [4.69, 9.17) is 0 Å². The van der Waals surface area contributed by atoms with Gasteiger partial charge in [-0.15, -0.1) is 23.1 Å². The van der Waals surface area contributed by atoms with E-state index in [1.165, 1.54) is 38.5 Å². The van der Waals surface area contributed by atoms with Crippen molar-refractivity contribution < 1.29 is 13.2 Å². The molecule has 2 aromatic heterocycles. The zero-order valence-corrected chi connectivity index (χ0v) is 20.3. The summed E-state index contributed by atoms with van der Waals surface area (Å²) in [4.78, 5) is 18.1. The Morgan fingerprint density at radius 3 is 2.69 bits per heavy atom. The molecule has 1 N–H and O–H groups in total. The number of thioether (sulfide) groups is 1. The number of carbonyl (C=O) groups is 1. The van der Waals surface area contributed by atoms with E-state index >= 15 is 0 Å². The normalized spacial score (nSPS) is 16.8. The summed E-state index contributed by atoms with van der Waals surface area (Å²) in [5, 5.41) is 13.8. The second-order valence-electron chi connectivity index (χ2n) is 7.97. The molecule has 0 spiro atoms. The van der Waals surface area contributed by atoms with E-state index in [1.54, 1.807) is 12.1 Å². The van der Waals surface area contributed by atoms with Crippen molar-refractivity contribution in [2.75, 3.05) is 24.2 Å². The van der Waals surface area contributed by atoms with Gasteiger partial charge in [0, 0.05) is 36.3 Å². The predicted octanol–water partition coefficient (Wildman–Crippen LogP) is 4.19. The van der Waals surface area contributed by atoms with Crippen molar-refractivity contribution in [3.8, 4) is 6.07 Å². The molecule has 4 rings (SSSR count). The number of aryl methyl sites for hydroxylation is 1. The molecular formula is C22H26N4O3S3. The first-order chi connectivity index (χ1) is 15.5. The van der Waals surface area contributed by atoms with Crippen molar-refractivity contribution in [2.45, 2.75) is 61.3 Å². The number of carbonyl (C=O) groups excluding carboxylic acids is 1. The molecule has 170 valence electrons. The minimum absolute atomic E-state index is 0.128. The van der Waals surface area contributed by atoms with Crippen LogP contribution in [-0.2, 0) is 27.7 Å². The van der Waals surface area contributed by atoms with Crippen LogP contribution in [0.25, 0.3) is 0 Å². The molecule has 0 atom stereocenters. The van der Waals surface area contributed by atoms with Crippen molar-refractivity contribution in [3.63, 3.8) is 0 Å². The van der Waals surface area contributed by atoms with Gasteiger partial charge in [0.05, 0.1) is 10.6 Å². The molecule has 0 bridgehead atoms. The summed E-state index contributed by atoms with van der Waals surface area (Å²) in [7, 11) is -3.48. The molecule has 2 aromatic rings. The summed E-state index contributed by atoms with van der Waals surface area (Å²) in [5.74, 6) is 0.390. The van der Waals surface area contributed by atoms with Crippen LogP contribution in [0.5, 0.6) is 0 Å². The number of hydrogen-bond acceptors (Lipinski definition) is 7. The summed E-state index contributed by atoms with van der Waals surface area (Å²) in [5.41, 5.74) is 1.73. The first-order valence-electron chi connectivity index (χ1n) is 10.9. The summed E-state index contributed by atoms with van der Waals surface area (Å²) in [6.07, 6.45) is 8.67. The smallest absolute Gasteiger partial charge is 0.244 e. The summed E-state index contributed by atoms with van der Waals surface area (Å²) < 4.78 is 26.9. The van der Waals surface area contributed by atoms with Crippen LogP contribution in [0.2, 0.25) is 0 Å². The minimum atomic E-state index is -3.48. The van der Waals surface area contributed by atoms with Crippen LogP contribution in [0.4, 0.5) is 5.00 Å². The molecule has 3 heterocycles. The second-order valence-corrected chi connectivity index (χ2v) is 12.1. The third-order valence-electron chi connectivity index (χ3n) is 5.78. The molecule has 1 amide bonds. The van der Waals surface area contributed by atoms with Gasteiger partial charge in [0.25, 0.3) is 0 Å². The predicted molar refractivity (Wildman–Crippen MR) is 126 cm³/mol. The van der Waals surface area contributed by atoms with Gasteiger partial charge in [-0.3, -0.25) is 4.79 Å². The number of amides is 1. The molecule has 1 aliphatic heterocycles. The number of pyridine rings is 1. The Labute approximate surface area is 197 Å². The summed E-state index contributed by atoms with van der Waals surface area (Å²) in [6, 6.07) is 5.55. The third-order valence-corrected chi connectivity index (χ3v) is 9.81. The molecule has 0 radical (unpaired) electrons. The van der Waals surface area contributed by atoms with Gasteiger partial charge in [-0.25, -0.2) is 13.4 Å². The summed E-state index contributed by atoms with van der Waals surface area (Å²) >= 11 is 2.94. The maximum Gasteiger partial charge on any atom is 0.244 e. The lowest BCUT2D eigenvalue weighted by atomic mass is 9.96. The van der Waals surface area contributed by atoms with Crippen LogP contribution in [0.15, 0.2) is 28.3 Å². The van der Waals surface area contributed by atoms with E-state index in [0.717, 1.165) is 50.5 Å². The van der Waals surface area contributed by atoms with E-state index in [2.05, 4.69) is 16.4 Å². The van der Waals surface area contributed by atoms with Crippen molar-refractivity contribution in [1.82, 2.24) is 9.29 Å². The van der Waals surface area contributed by atoms with Gasteiger partial charge >= 0.3 is 0 Å². The number of nitrogens with one attached hydrogen (secondary N) is 1. The number of thiophene rings is 1. The van der Waals surface area contributed by atoms with Crippen LogP contribution in [0.3, 0.4) is 0 Å². The van der Waals surface area contributed by atoms with Gasteiger partial charge in [-0.05, 0) is 56.2 Å². The van der Waals surface area contributed by atoms with E-state index < -0.39 is 10.0 Å². The molecule has 0 saturated carbocycles. The molecule has 1 fully saturated rings. The fourth-order valence-electron chi connectivity index (χ4n) is 4.07. The fraction of sp³-hybridized carbons (Fsp3) is 0.500. The van der Waals surface area contributed by atoms with Gasteiger partial charge in [0.15, 0.2) is 0 Å². The number of sulfonamides is 1. The first-order valence-corrected chi connectivity index (χ1v) is 14.2. The number of rotatable bonds is 7. The molecule has 0 aromatic carbocycles. The number of fused-ring (bicyclic) bond motifs is 1. The van der Waals surface area contributed by atoms with Gasteiger partial charge in [-0.1, -0.05) is 6.42 Å². The van der Waals surface area contributed by atoms with E-state index in [9.17, 15) is 18.5 Å². The molecule has 10 heteroatoms. The maximum atomic E-state index is 12.7. The topological polar surface area (TPSA) is 103 Å². The molecule has 7 nitrogen and oxygen atoms in total. The van der Waals surface area contributed by atoms with Gasteiger partial charge in [0.2, 0.25) is 15.9 Å². The Morgan fingerprint density at radius 2 is 1.97 bits per heavy atom. The highest BCUT2D eigenvalue weighted by molar-refractivity contribution is 7.99. The number of nitriles is 1. The largest absolute Gasteiger partial charge is 0.317 e. The standard InChI is InChI=1S/C22H26N4O3S3/c23-14-18-17-6-2-3-7-19(17)31-22(18)25-20(27)10-13-30-21-9-8-16(15-24-21)32(28,29)26-11-4-1-5-12-26/h8-9,15H,1-7,10-13H2,(H,25,27). The maximum absolute atomic E-state index is 12.7. The Kier molecular flexibility index (Phi) is 7.51. The average molecular weight is 491 g/mol. The van der Waals surface area contributed by atoms with Crippen LogP contribution in [0, 0.1) is 11.3 Å². The fourth-order valence-corrected chi connectivity index (χ4v) is 7.58. The Balaban J connectivity index is 1.30. The summed E-state index contributed by atoms with van der Waals surface area (Å²) in [6.45, 7) is 1.13. The van der Waals surface area contributed by atoms with Crippen molar-refractivity contribution in [1.29, 1.82) is 5.26 Å². The van der Waals surface area contributed by atoms with E-state index in [0.29, 0.717) is 34.4 Å². The molecule has 2 aliphatic rings. The zero-order chi connectivity index (χ0) is 22.6. The van der Waals surface area contributed by atoms with Crippen LogP contribution < -0.4 is 5.32 Å². The lowest BCUT2D eigenvalue weighted by molar-refractivity contribution is -0.115. The molecule has 0 unspecified atom stereocenters. The lowest BCUT2D eigenvalue weighted by Gasteiger charge is -2.25. The van der Waals surface area contributed by atoms with Crippen molar-refractivity contribution in [3.05, 3.63) is 34.3 Å². The minimum Gasteiger partial charge on any atom is -0.317 e. The Morgan fingerprint density at radius 1 is 1.19 bits per heavy atom. The highest BCUT2D eigenvalue weighted by Crippen LogP contribution is 2.37.